The average molecular weight is 631 g/mol. The molecule has 4 atom stereocenters. The van der Waals surface area contributed by atoms with E-state index in [1.54, 1.807) is 0 Å². The number of carbonyl (C=O) groups excluding carboxylic acids is 1. The molecule has 47 heavy (non-hydrogen) atoms. The zero-order valence-electron chi connectivity index (χ0n) is 26.0. The SMILES string of the molecule is O=C(NCc1ccccc1-c1ccc([C@@H]2O[C@H](CN3CC[C@H](O)C3)C[C@H](c3ccc(CO)cc3)O2)cc1)c1cnc2ccccc2n1. The Morgan fingerprint density at radius 3 is 2.40 bits per heavy atom. The van der Waals surface area contributed by atoms with Crippen LogP contribution < -0.4 is 5.32 Å². The van der Waals surface area contributed by atoms with Crippen LogP contribution in [0, 0.1) is 0 Å². The fourth-order valence-corrected chi connectivity index (χ4v) is 6.41. The zero-order chi connectivity index (χ0) is 32.2. The summed E-state index contributed by atoms with van der Waals surface area (Å²) in [5.41, 5.74) is 7.53. The fourth-order valence-electron chi connectivity index (χ4n) is 6.41. The molecular formula is C38H38N4O5. The number of para-hydroxylation sites is 2. The molecule has 0 bridgehead atoms. The van der Waals surface area contributed by atoms with E-state index < -0.39 is 6.29 Å². The number of aromatic nitrogens is 2. The Bertz CT molecular complexity index is 1830. The highest BCUT2D eigenvalue weighted by Gasteiger charge is 2.34. The number of aliphatic hydroxyl groups excluding tert-OH is 2. The molecular weight excluding hydrogens is 592 g/mol. The third-order valence-corrected chi connectivity index (χ3v) is 8.96. The molecule has 0 unspecified atom stereocenters. The van der Waals surface area contributed by atoms with Gasteiger partial charge in [0.2, 0.25) is 0 Å². The Morgan fingerprint density at radius 1 is 0.894 bits per heavy atom. The van der Waals surface area contributed by atoms with Gasteiger partial charge in [-0.1, -0.05) is 84.9 Å². The second-order valence-corrected chi connectivity index (χ2v) is 12.3. The predicted octanol–water partition coefficient (Wildman–Crippen LogP) is 5.33. The van der Waals surface area contributed by atoms with Crippen LogP contribution in [0.1, 0.15) is 58.0 Å². The Labute approximate surface area is 273 Å². The molecule has 0 spiro atoms. The Kier molecular flexibility index (Phi) is 9.32. The van der Waals surface area contributed by atoms with E-state index in [-0.39, 0.29) is 36.5 Å². The number of benzene rings is 4. The summed E-state index contributed by atoms with van der Waals surface area (Å²) in [5.74, 6) is -0.279. The molecule has 0 radical (unpaired) electrons. The highest BCUT2D eigenvalue weighted by Crippen LogP contribution is 2.39. The minimum absolute atomic E-state index is 0.00155. The van der Waals surface area contributed by atoms with Crippen LogP contribution in [0.2, 0.25) is 0 Å². The number of likely N-dealkylation sites (tertiary alicyclic amines) is 1. The molecule has 2 aliphatic rings. The first-order chi connectivity index (χ1) is 23.0. The number of carbonyl (C=O) groups is 1. The van der Waals surface area contributed by atoms with Gasteiger partial charge in [0.1, 0.15) is 5.69 Å². The van der Waals surface area contributed by atoms with Crippen molar-refractivity contribution in [2.24, 2.45) is 0 Å². The van der Waals surface area contributed by atoms with Crippen molar-refractivity contribution >= 4 is 16.9 Å². The summed E-state index contributed by atoms with van der Waals surface area (Å²) in [6, 6.07) is 31.6. The molecule has 3 N–H and O–H groups in total. The van der Waals surface area contributed by atoms with Gasteiger partial charge in [0.25, 0.3) is 5.91 Å². The standard InChI is InChI=1S/C38H38N4O5/c43-24-25-9-11-27(12-10-25)36-19-31(23-42-18-17-30(44)22-42)46-38(47-36)28-15-13-26(14-16-28)32-6-2-1-5-29(32)20-40-37(45)35-21-39-33-7-3-4-8-34(33)41-35/h1-16,21,30-31,36,38,43-44H,17-20,22-24H2,(H,40,45)/t30-,31-,36+,38+/m0/s1. The third kappa shape index (κ3) is 7.25. The number of fused-ring (bicyclic) bond motifs is 1. The first kappa shape index (κ1) is 31.1. The summed E-state index contributed by atoms with van der Waals surface area (Å²) in [5, 5.41) is 22.6. The molecule has 1 aromatic heterocycles. The van der Waals surface area contributed by atoms with Crippen LogP contribution in [-0.2, 0) is 22.6 Å². The third-order valence-electron chi connectivity index (χ3n) is 8.96. The van der Waals surface area contributed by atoms with Crippen LogP contribution in [-0.4, -0.2) is 62.8 Å². The maximum atomic E-state index is 13.0. The molecule has 240 valence electrons. The van der Waals surface area contributed by atoms with E-state index in [9.17, 15) is 15.0 Å². The van der Waals surface area contributed by atoms with Crippen LogP contribution in [0.15, 0.2) is 103 Å². The van der Waals surface area contributed by atoms with E-state index in [4.69, 9.17) is 9.47 Å². The monoisotopic (exact) mass is 630 g/mol. The quantitative estimate of drug-likeness (QED) is 0.200. The van der Waals surface area contributed by atoms with Crippen LogP contribution >= 0.6 is 0 Å². The van der Waals surface area contributed by atoms with Crippen LogP contribution in [0.25, 0.3) is 22.2 Å². The van der Waals surface area contributed by atoms with Crippen LogP contribution in [0.3, 0.4) is 0 Å². The first-order valence-corrected chi connectivity index (χ1v) is 16.1. The lowest BCUT2D eigenvalue weighted by molar-refractivity contribution is -0.252. The number of nitrogens with zero attached hydrogens (tertiary/aromatic N) is 3. The maximum Gasteiger partial charge on any atom is 0.271 e. The van der Waals surface area contributed by atoms with Gasteiger partial charge in [-0.25, -0.2) is 4.98 Å². The zero-order valence-corrected chi connectivity index (χ0v) is 26.0. The number of ether oxygens (including phenoxy) is 2. The van der Waals surface area contributed by atoms with E-state index in [0.29, 0.717) is 25.0 Å². The van der Waals surface area contributed by atoms with Crippen molar-refractivity contribution in [2.75, 3.05) is 19.6 Å². The molecule has 5 aromatic rings. The van der Waals surface area contributed by atoms with Gasteiger partial charge in [0, 0.05) is 38.2 Å². The topological polar surface area (TPSA) is 117 Å². The van der Waals surface area contributed by atoms with E-state index in [1.165, 1.54) is 6.20 Å². The summed E-state index contributed by atoms with van der Waals surface area (Å²) in [7, 11) is 0. The van der Waals surface area contributed by atoms with Crippen molar-refractivity contribution in [1.29, 1.82) is 0 Å². The predicted molar refractivity (Wildman–Crippen MR) is 178 cm³/mol. The van der Waals surface area contributed by atoms with Crippen LogP contribution in [0.5, 0.6) is 0 Å². The van der Waals surface area contributed by atoms with E-state index >= 15 is 0 Å². The Hall–Kier alpha value is -4.51. The van der Waals surface area contributed by atoms with E-state index in [2.05, 4.69) is 32.3 Å². The number of nitrogens with one attached hydrogen (secondary N) is 1. The van der Waals surface area contributed by atoms with Gasteiger partial charge < -0.3 is 25.0 Å². The van der Waals surface area contributed by atoms with Gasteiger partial charge in [-0.15, -0.1) is 0 Å². The molecule has 2 fully saturated rings. The molecule has 0 saturated carbocycles. The molecule has 2 saturated heterocycles. The van der Waals surface area contributed by atoms with E-state index in [0.717, 1.165) is 58.4 Å². The Morgan fingerprint density at radius 2 is 1.64 bits per heavy atom. The smallest absolute Gasteiger partial charge is 0.271 e. The molecule has 0 aliphatic carbocycles. The molecule has 2 aliphatic heterocycles. The van der Waals surface area contributed by atoms with Crippen molar-refractivity contribution < 1.29 is 24.5 Å². The second-order valence-electron chi connectivity index (χ2n) is 12.3. The molecule has 3 heterocycles. The maximum absolute atomic E-state index is 13.0. The van der Waals surface area contributed by atoms with Crippen LogP contribution in [0.4, 0.5) is 0 Å². The number of hydrogen-bond donors (Lipinski definition) is 3. The highest BCUT2D eigenvalue weighted by molar-refractivity contribution is 5.93. The van der Waals surface area contributed by atoms with Gasteiger partial charge in [0.05, 0.1) is 42.1 Å². The molecule has 4 aromatic carbocycles. The number of amides is 1. The number of β-amino-alcohol motifs (C(OH)–C–C–N with tert-alkyl or cyclic N) is 1. The van der Waals surface area contributed by atoms with Gasteiger partial charge in [-0.3, -0.25) is 14.7 Å². The molecule has 9 nitrogen and oxygen atoms in total. The summed E-state index contributed by atoms with van der Waals surface area (Å²) in [6.07, 6.45) is 1.89. The van der Waals surface area contributed by atoms with Crippen molar-refractivity contribution in [3.63, 3.8) is 0 Å². The fraction of sp³-hybridized carbons (Fsp3) is 0.289. The average Bonchev–Trinajstić information content (AvgIpc) is 3.54. The lowest BCUT2D eigenvalue weighted by atomic mass is 9.97. The molecule has 9 heteroatoms. The van der Waals surface area contributed by atoms with Crippen molar-refractivity contribution in [3.05, 3.63) is 131 Å². The summed E-state index contributed by atoms with van der Waals surface area (Å²) >= 11 is 0. The van der Waals surface area contributed by atoms with Gasteiger partial charge in [-0.05, 0) is 46.4 Å². The largest absolute Gasteiger partial charge is 0.392 e. The highest BCUT2D eigenvalue weighted by atomic mass is 16.7. The van der Waals surface area contributed by atoms with Crippen molar-refractivity contribution in [1.82, 2.24) is 20.2 Å². The lowest BCUT2D eigenvalue weighted by Crippen LogP contribution is -2.38. The number of aliphatic hydroxyl groups is 2. The number of hydrogen-bond acceptors (Lipinski definition) is 8. The van der Waals surface area contributed by atoms with Crippen molar-refractivity contribution in [2.45, 2.75) is 50.6 Å². The Balaban J connectivity index is 1.07. The van der Waals surface area contributed by atoms with Gasteiger partial charge in [0.15, 0.2) is 6.29 Å². The minimum atomic E-state index is -0.560. The summed E-state index contributed by atoms with van der Waals surface area (Å²) in [4.78, 5) is 24.1. The first-order valence-electron chi connectivity index (χ1n) is 16.1. The molecule has 7 rings (SSSR count). The number of rotatable bonds is 9. The van der Waals surface area contributed by atoms with Gasteiger partial charge in [-0.2, -0.15) is 0 Å². The molecule has 1 amide bonds. The van der Waals surface area contributed by atoms with E-state index in [1.807, 2.05) is 84.9 Å². The minimum Gasteiger partial charge on any atom is -0.392 e. The van der Waals surface area contributed by atoms with Crippen molar-refractivity contribution in [3.8, 4) is 11.1 Å². The second kappa shape index (κ2) is 14.1. The van der Waals surface area contributed by atoms with Gasteiger partial charge >= 0.3 is 0 Å². The normalized spacial score (nSPS) is 21.6. The summed E-state index contributed by atoms with van der Waals surface area (Å²) < 4.78 is 13.1. The summed E-state index contributed by atoms with van der Waals surface area (Å²) in [6.45, 7) is 2.57. The lowest BCUT2D eigenvalue weighted by Gasteiger charge is -2.38.